The van der Waals surface area contributed by atoms with Crippen LogP contribution >= 0.6 is 0 Å². The lowest BCUT2D eigenvalue weighted by Crippen LogP contribution is -2.50. The van der Waals surface area contributed by atoms with Gasteiger partial charge in [-0.1, -0.05) is 36.4 Å². The molecule has 0 saturated carbocycles. The molecule has 1 atom stereocenters. The molecule has 3 aromatic heterocycles. The minimum atomic E-state index is -4.48. The lowest BCUT2D eigenvalue weighted by atomic mass is 9.80. The summed E-state index contributed by atoms with van der Waals surface area (Å²) in [6, 6.07) is 42.3. The Labute approximate surface area is 596 Å². The molecule has 0 N–H and O–H groups in total. The van der Waals surface area contributed by atoms with Crippen molar-refractivity contribution in [3.05, 3.63) is 204 Å². The van der Waals surface area contributed by atoms with Crippen LogP contribution in [0.5, 0.6) is 34.5 Å². The van der Waals surface area contributed by atoms with Gasteiger partial charge in [0.15, 0.2) is 33.5 Å². The van der Waals surface area contributed by atoms with Crippen LogP contribution in [-0.4, -0.2) is 149 Å². The molecule has 10 heterocycles. The van der Waals surface area contributed by atoms with Crippen LogP contribution in [0.1, 0.15) is 128 Å². The van der Waals surface area contributed by atoms with Crippen LogP contribution in [0.4, 0.5) is 17.6 Å². The molecule has 4 saturated heterocycles. The van der Waals surface area contributed by atoms with Gasteiger partial charge < -0.3 is 52.4 Å². The highest BCUT2D eigenvalue weighted by molar-refractivity contribution is 7.92. The average Bonchev–Trinajstić information content (AvgIpc) is 1.47. The molecule has 4 fully saturated rings. The number of aromatic nitrogens is 5. The van der Waals surface area contributed by atoms with Crippen LogP contribution in [-0.2, 0) is 38.4 Å². The molecule has 6 aromatic carbocycles. The molecule has 0 bridgehead atoms. The minimum absolute atomic E-state index is 0. The molecule has 7 aliphatic rings. The van der Waals surface area contributed by atoms with Gasteiger partial charge in [-0.2, -0.15) is 23.4 Å². The third-order valence-corrected chi connectivity index (χ3v) is 22.7. The van der Waals surface area contributed by atoms with Crippen molar-refractivity contribution in [3.63, 3.8) is 0 Å². The molecule has 7 aliphatic heterocycles. The number of piperidine rings is 3. The van der Waals surface area contributed by atoms with Gasteiger partial charge >= 0.3 is 6.18 Å². The number of sulfone groups is 1. The van der Waals surface area contributed by atoms with Crippen LogP contribution in [0.25, 0.3) is 28.2 Å². The van der Waals surface area contributed by atoms with Gasteiger partial charge in [0.25, 0.3) is 17.7 Å². The van der Waals surface area contributed by atoms with Gasteiger partial charge in [-0.15, -0.1) is 0 Å². The Morgan fingerprint density at radius 3 is 1.80 bits per heavy atom. The van der Waals surface area contributed by atoms with E-state index < -0.39 is 44.7 Å². The van der Waals surface area contributed by atoms with Crippen LogP contribution < -0.4 is 28.4 Å². The third-order valence-electron chi connectivity index (χ3n) is 20.5. The summed E-state index contributed by atoms with van der Waals surface area (Å²) >= 11 is 0. The number of fused-ring (bicyclic) bond motifs is 12. The molecule has 540 valence electrons. The van der Waals surface area contributed by atoms with E-state index in [4.69, 9.17) is 38.3 Å². The van der Waals surface area contributed by atoms with Crippen molar-refractivity contribution in [1.29, 1.82) is 0 Å². The smallest absolute Gasteiger partial charge is 0.422 e. The zero-order valence-corrected chi connectivity index (χ0v) is 58.8. The molecule has 16 rings (SSSR count). The van der Waals surface area contributed by atoms with Crippen LogP contribution in [0, 0.1) is 5.82 Å². The Balaban J connectivity index is 0.000000138. The maximum absolute atomic E-state index is 13.9. The summed E-state index contributed by atoms with van der Waals surface area (Å²) in [5.74, 6) is 2.38. The number of methoxy groups -OCH3 is 1. The zero-order chi connectivity index (χ0) is 72.2. The van der Waals surface area contributed by atoms with E-state index in [-0.39, 0.29) is 53.3 Å². The molecule has 3 spiro atoms. The Kier molecular flexibility index (Phi) is 18.9. The van der Waals surface area contributed by atoms with E-state index in [1.165, 1.54) is 36.4 Å². The maximum Gasteiger partial charge on any atom is 0.422 e. The number of amides is 3. The molecular formula is C78H82F4N8O12S. The number of aryl methyl sites for hydroxylation is 1. The largest absolute Gasteiger partial charge is 0.493 e. The number of ether oxygens (including phenoxy) is 7. The van der Waals surface area contributed by atoms with Gasteiger partial charge in [0.05, 0.1) is 71.2 Å². The summed E-state index contributed by atoms with van der Waals surface area (Å²) in [6.07, 6.45) is 5.68. The molecule has 20 nitrogen and oxygen atoms in total. The standard InChI is InChI=1S/C27H27FN2O5.C27H31N3O4S.C24H22F3N3O3.H2/c1-32-24-15-18(4-7-22(24)34-20-8-14-33-17-20)26(31)29-12-9-27(10-13-29)25-3-2-11-30(25)21-6-5-19(28)16-23(21)35-27;1-18(2)30-25-22-7-5-6-8-24(22)34-27(23(25)17-28-30)13-15-29(16-14-27)26(31)20-9-11-21(12-10-20)35(32,33)19(3)4;1-29-21-16-6-2-5-9-20(16)33-23(18(21)14-28-29)10-12-30(13-11-23)22(31)17-7-3-4-8-19(17)32-15-24(25,26)27;/h2-7,11,15-16,20H,8-10,12-14,17H2,1H3;5-12,17-19H,13-16H2,1-4H3;2-9,14H,10-13,15H2,1H3;1H/t20-;;;/m0.../s1. The fourth-order valence-corrected chi connectivity index (χ4v) is 16.1. The van der Waals surface area contributed by atoms with Gasteiger partial charge in [0.1, 0.15) is 46.1 Å². The van der Waals surface area contributed by atoms with Gasteiger partial charge in [0, 0.05) is 144 Å². The second-order valence-electron chi connectivity index (χ2n) is 27.5. The maximum atomic E-state index is 13.9. The molecule has 0 radical (unpaired) electrons. The first-order valence-electron chi connectivity index (χ1n) is 34.7. The van der Waals surface area contributed by atoms with E-state index in [1.807, 2.05) is 94.7 Å². The number of rotatable bonds is 11. The van der Waals surface area contributed by atoms with Gasteiger partial charge in [0.2, 0.25) is 0 Å². The number of carbonyl (C=O) groups is 3. The minimum Gasteiger partial charge on any atom is -0.493 e. The monoisotopic (exact) mass is 1430 g/mol. The number of benzene rings is 6. The van der Waals surface area contributed by atoms with Crippen LogP contribution in [0.15, 0.2) is 169 Å². The number of nitrogens with zero attached hydrogens (tertiary/aromatic N) is 8. The van der Waals surface area contributed by atoms with E-state index in [0.29, 0.717) is 119 Å². The van der Waals surface area contributed by atoms with Gasteiger partial charge in [-0.25, -0.2) is 12.8 Å². The van der Waals surface area contributed by atoms with Crippen molar-refractivity contribution >= 4 is 27.6 Å². The highest BCUT2D eigenvalue weighted by Crippen LogP contribution is 2.52. The molecule has 3 amide bonds. The molecular weight excluding hydrogens is 1350 g/mol. The first-order chi connectivity index (χ1) is 49.5. The third kappa shape index (κ3) is 13.4. The van der Waals surface area contributed by atoms with Gasteiger partial charge in [-0.3, -0.25) is 23.7 Å². The van der Waals surface area contributed by atoms with E-state index in [0.717, 1.165) is 62.9 Å². The van der Waals surface area contributed by atoms with Gasteiger partial charge in [-0.05, 0) is 131 Å². The average molecular weight is 1430 g/mol. The van der Waals surface area contributed by atoms with Crippen molar-refractivity contribution in [2.45, 2.75) is 118 Å². The second kappa shape index (κ2) is 27.9. The number of hydrogen-bond donors (Lipinski definition) is 0. The molecule has 0 unspecified atom stereocenters. The van der Waals surface area contributed by atoms with E-state index in [9.17, 15) is 40.4 Å². The molecule has 0 aliphatic carbocycles. The Morgan fingerprint density at radius 1 is 0.621 bits per heavy atom. The fraction of sp³-hybridized carbons (Fsp3) is 0.372. The lowest BCUT2D eigenvalue weighted by Gasteiger charge is -2.45. The van der Waals surface area contributed by atoms with Crippen LogP contribution in [0.3, 0.4) is 0 Å². The summed E-state index contributed by atoms with van der Waals surface area (Å²) < 4.78 is 124. The predicted octanol–water partition coefficient (Wildman–Crippen LogP) is 14.0. The first kappa shape index (κ1) is 69.9. The number of carbonyl (C=O) groups excluding carboxylic acids is 3. The summed E-state index contributed by atoms with van der Waals surface area (Å²) in [6.45, 7) is 10.3. The number of likely N-dealkylation sites (tertiary alicyclic amines) is 3. The first-order valence-corrected chi connectivity index (χ1v) is 36.3. The molecule has 9 aromatic rings. The van der Waals surface area contributed by atoms with Crippen molar-refractivity contribution < 1.29 is 74.9 Å². The Morgan fingerprint density at radius 2 is 1.18 bits per heavy atom. The summed E-state index contributed by atoms with van der Waals surface area (Å²) in [7, 11) is 0.0966. The lowest BCUT2D eigenvalue weighted by molar-refractivity contribution is -0.153. The van der Waals surface area contributed by atoms with Crippen molar-refractivity contribution in [2.75, 3.05) is 66.2 Å². The summed E-state index contributed by atoms with van der Waals surface area (Å²) in [5, 5.41) is 8.64. The number of para-hydroxylation sites is 3. The topological polar surface area (TPSA) is 200 Å². The summed E-state index contributed by atoms with van der Waals surface area (Å²) in [4.78, 5) is 45.3. The van der Waals surface area contributed by atoms with Crippen molar-refractivity contribution in [3.8, 4) is 62.7 Å². The normalized spacial score (nSPS) is 17.9. The van der Waals surface area contributed by atoms with E-state index >= 15 is 0 Å². The molecule has 103 heavy (non-hydrogen) atoms. The predicted molar refractivity (Wildman–Crippen MR) is 376 cm³/mol. The highest BCUT2D eigenvalue weighted by atomic mass is 32.2. The fourth-order valence-electron chi connectivity index (χ4n) is 15.0. The number of alkyl halides is 3. The van der Waals surface area contributed by atoms with Crippen molar-refractivity contribution in [1.82, 2.24) is 38.8 Å². The second-order valence-corrected chi connectivity index (χ2v) is 30.0. The highest BCUT2D eigenvalue weighted by Gasteiger charge is 2.49. The molecule has 25 heteroatoms. The Bertz CT molecular complexity index is 4780. The number of hydrogen-bond acceptors (Lipinski definition) is 14. The summed E-state index contributed by atoms with van der Waals surface area (Å²) in [5.41, 5.74) is 7.49. The quantitative estimate of drug-likeness (QED) is 0.111. The zero-order valence-electron chi connectivity index (χ0n) is 58.0. The van der Waals surface area contributed by atoms with E-state index in [2.05, 4.69) is 34.3 Å². The SMILES string of the molecule is CC(C)n1ncc2c1-c1ccccc1OC21CCN(C(=O)c2ccc(S(=O)(=O)C(C)C)cc2)CC1.COc1cc(C(=O)N2CCC3(CC2)Oc2cc(F)ccc2-n2cccc23)ccc1O[C@H]1CCOC1.Cn1ncc2c1-c1ccccc1OC21CCN(C(=O)c2ccccc2OCC(F)(F)F)CC1.[HH]. The number of halogens is 4. The van der Waals surface area contributed by atoms with E-state index in [1.54, 1.807) is 74.4 Å². The van der Waals surface area contributed by atoms with Crippen LogP contribution in [0.2, 0.25) is 0 Å². The Hall–Kier alpha value is -10.1. The van der Waals surface area contributed by atoms with Crippen molar-refractivity contribution in [2.24, 2.45) is 7.05 Å².